The largest absolute Gasteiger partial charge is 0.475 e. The normalized spacial score (nSPS) is 11.1. The Morgan fingerprint density at radius 1 is 1.45 bits per heavy atom. The van der Waals surface area contributed by atoms with E-state index < -0.39 is 5.97 Å². The molecule has 0 fully saturated rings. The lowest BCUT2D eigenvalue weighted by Gasteiger charge is -2.00. The first-order valence-electron chi connectivity index (χ1n) is 6.38. The fourth-order valence-electron chi connectivity index (χ4n) is 1.89. The summed E-state index contributed by atoms with van der Waals surface area (Å²) in [6.07, 6.45) is 0.582. The fourth-order valence-corrected chi connectivity index (χ4v) is 2.27. The predicted molar refractivity (Wildman–Crippen MR) is 79.9 cm³/mol. The first-order valence-corrected chi connectivity index (χ1v) is 7.17. The van der Waals surface area contributed by atoms with Crippen LogP contribution in [0.1, 0.15) is 35.7 Å². The first kappa shape index (κ1) is 14.8. The Labute approximate surface area is 126 Å². The highest BCUT2D eigenvalue weighted by molar-refractivity contribution is 9.10. The third-order valence-corrected chi connectivity index (χ3v) is 3.77. The van der Waals surface area contributed by atoms with Crippen molar-refractivity contribution < 1.29 is 14.3 Å². The van der Waals surface area contributed by atoms with Gasteiger partial charge in [0.05, 0.1) is 5.69 Å². The average Bonchev–Trinajstić information content (AvgIpc) is 2.76. The lowest BCUT2D eigenvalue weighted by atomic mass is 10.1. The number of carboxylic acid groups (broad SMARTS) is 1. The van der Waals surface area contributed by atoms with Gasteiger partial charge >= 0.3 is 5.97 Å². The van der Waals surface area contributed by atoms with Gasteiger partial charge in [0.2, 0.25) is 11.7 Å². The van der Waals surface area contributed by atoms with Crippen LogP contribution in [0.25, 0.3) is 11.5 Å². The zero-order chi connectivity index (χ0) is 14.9. The van der Waals surface area contributed by atoms with Gasteiger partial charge in [0, 0.05) is 10.0 Å². The molecule has 1 aromatic heterocycles. The monoisotopic (exact) mass is 337 g/mol. The Morgan fingerprint density at radius 2 is 2.15 bits per heavy atom. The number of hydrogen-bond donors (Lipinski definition) is 1. The van der Waals surface area contributed by atoms with E-state index >= 15 is 0 Å². The molecule has 0 atom stereocenters. The second-order valence-electron chi connectivity index (χ2n) is 5.16. The Morgan fingerprint density at radius 3 is 2.70 bits per heavy atom. The summed E-state index contributed by atoms with van der Waals surface area (Å²) in [6.45, 7) is 6.02. The molecule has 0 radical (unpaired) electrons. The Balaban J connectivity index is 2.46. The highest BCUT2D eigenvalue weighted by Crippen LogP contribution is 2.27. The molecule has 0 bridgehead atoms. The number of halogens is 1. The standard InChI is InChI=1S/C15H16BrNO3/c1-8(2)6-12-13(15(18)19)20-14(17-12)10-5-4-9(3)11(16)7-10/h4-5,7-8H,6H2,1-3H3,(H,18,19). The summed E-state index contributed by atoms with van der Waals surface area (Å²) < 4.78 is 6.37. The minimum atomic E-state index is -1.08. The van der Waals surface area contributed by atoms with Crippen molar-refractivity contribution in [1.82, 2.24) is 4.98 Å². The van der Waals surface area contributed by atoms with Crippen LogP contribution >= 0.6 is 15.9 Å². The molecule has 0 saturated heterocycles. The third-order valence-electron chi connectivity index (χ3n) is 2.91. The van der Waals surface area contributed by atoms with Crippen LogP contribution in [0.5, 0.6) is 0 Å². The smallest absolute Gasteiger partial charge is 0.373 e. The zero-order valence-corrected chi connectivity index (χ0v) is 13.2. The van der Waals surface area contributed by atoms with Crippen LogP contribution in [0.3, 0.4) is 0 Å². The number of aromatic carboxylic acids is 1. The van der Waals surface area contributed by atoms with Crippen LogP contribution in [-0.4, -0.2) is 16.1 Å². The third kappa shape index (κ3) is 3.10. The molecule has 5 heteroatoms. The SMILES string of the molecule is Cc1ccc(-c2nc(CC(C)C)c(C(=O)O)o2)cc1Br. The van der Waals surface area contributed by atoms with Gasteiger partial charge in [-0.05, 0) is 37.0 Å². The lowest BCUT2D eigenvalue weighted by Crippen LogP contribution is -2.03. The summed E-state index contributed by atoms with van der Waals surface area (Å²) in [5.74, 6) is -0.481. The molecule has 0 saturated carbocycles. The highest BCUT2D eigenvalue weighted by Gasteiger charge is 2.21. The molecule has 0 aliphatic carbocycles. The molecule has 0 unspecified atom stereocenters. The maximum absolute atomic E-state index is 11.2. The molecule has 4 nitrogen and oxygen atoms in total. The van der Waals surface area contributed by atoms with Crippen LogP contribution in [0.15, 0.2) is 27.1 Å². The number of aryl methyl sites for hydroxylation is 1. The molecule has 20 heavy (non-hydrogen) atoms. The average molecular weight is 338 g/mol. The van der Waals surface area contributed by atoms with E-state index in [4.69, 9.17) is 4.42 Å². The molecular weight excluding hydrogens is 322 g/mol. The molecule has 106 valence electrons. The minimum absolute atomic E-state index is 0.0644. The molecule has 1 aromatic carbocycles. The van der Waals surface area contributed by atoms with Crippen LogP contribution < -0.4 is 0 Å². The molecule has 2 rings (SSSR count). The van der Waals surface area contributed by atoms with Crippen molar-refractivity contribution in [2.75, 3.05) is 0 Å². The van der Waals surface area contributed by atoms with E-state index in [0.717, 1.165) is 15.6 Å². The number of rotatable bonds is 4. The van der Waals surface area contributed by atoms with Gasteiger partial charge in [0.25, 0.3) is 0 Å². The zero-order valence-electron chi connectivity index (χ0n) is 11.6. The van der Waals surface area contributed by atoms with Gasteiger partial charge in [-0.1, -0.05) is 35.8 Å². The van der Waals surface area contributed by atoms with E-state index in [1.165, 1.54) is 0 Å². The highest BCUT2D eigenvalue weighted by atomic mass is 79.9. The van der Waals surface area contributed by atoms with Crippen LogP contribution in [0.4, 0.5) is 0 Å². The van der Waals surface area contributed by atoms with Crippen LogP contribution in [0, 0.1) is 12.8 Å². The van der Waals surface area contributed by atoms with Crippen molar-refractivity contribution in [3.05, 3.63) is 39.7 Å². The second-order valence-corrected chi connectivity index (χ2v) is 6.02. The van der Waals surface area contributed by atoms with Gasteiger partial charge in [-0.3, -0.25) is 0 Å². The van der Waals surface area contributed by atoms with Crippen LogP contribution in [0.2, 0.25) is 0 Å². The van der Waals surface area contributed by atoms with Crippen LogP contribution in [-0.2, 0) is 6.42 Å². The quantitative estimate of drug-likeness (QED) is 0.902. The van der Waals surface area contributed by atoms with E-state index in [9.17, 15) is 9.90 Å². The van der Waals surface area contributed by atoms with Gasteiger partial charge in [0.1, 0.15) is 0 Å². The topological polar surface area (TPSA) is 63.3 Å². The van der Waals surface area contributed by atoms with Gasteiger partial charge in [-0.15, -0.1) is 0 Å². The predicted octanol–water partition coefficient (Wildman–Crippen LogP) is 4.31. The van der Waals surface area contributed by atoms with E-state index in [-0.39, 0.29) is 5.76 Å². The summed E-state index contributed by atoms with van der Waals surface area (Å²) in [4.78, 5) is 15.6. The van der Waals surface area contributed by atoms with E-state index in [1.807, 2.05) is 39.0 Å². The Hall–Kier alpha value is -1.62. The molecule has 2 aromatic rings. The van der Waals surface area contributed by atoms with E-state index in [2.05, 4.69) is 20.9 Å². The van der Waals surface area contributed by atoms with Gasteiger partial charge in [-0.25, -0.2) is 9.78 Å². The van der Waals surface area contributed by atoms with Crippen molar-refractivity contribution in [1.29, 1.82) is 0 Å². The number of carboxylic acids is 1. The number of nitrogens with zero attached hydrogens (tertiary/aromatic N) is 1. The van der Waals surface area contributed by atoms with Gasteiger partial charge < -0.3 is 9.52 Å². The first-order chi connectivity index (χ1) is 9.38. The van der Waals surface area contributed by atoms with Gasteiger partial charge in [0.15, 0.2) is 0 Å². The molecule has 0 aliphatic heterocycles. The maximum Gasteiger partial charge on any atom is 0.373 e. The summed E-state index contributed by atoms with van der Waals surface area (Å²) in [7, 11) is 0. The number of carbonyl (C=O) groups is 1. The van der Waals surface area contributed by atoms with E-state index in [0.29, 0.717) is 23.9 Å². The van der Waals surface area contributed by atoms with Crippen molar-refractivity contribution >= 4 is 21.9 Å². The van der Waals surface area contributed by atoms with Crippen molar-refractivity contribution in [3.8, 4) is 11.5 Å². The fraction of sp³-hybridized carbons (Fsp3) is 0.333. The van der Waals surface area contributed by atoms with E-state index in [1.54, 1.807) is 0 Å². The molecule has 1 heterocycles. The summed E-state index contributed by atoms with van der Waals surface area (Å²) in [6, 6.07) is 5.69. The van der Waals surface area contributed by atoms with Crippen molar-refractivity contribution in [2.24, 2.45) is 5.92 Å². The number of benzene rings is 1. The number of oxazole rings is 1. The summed E-state index contributed by atoms with van der Waals surface area (Å²) in [5.41, 5.74) is 2.36. The van der Waals surface area contributed by atoms with Crippen molar-refractivity contribution in [2.45, 2.75) is 27.2 Å². The molecule has 1 N–H and O–H groups in total. The molecule has 0 aliphatic rings. The molecule has 0 spiro atoms. The lowest BCUT2D eigenvalue weighted by molar-refractivity contribution is 0.0661. The maximum atomic E-state index is 11.2. The number of hydrogen-bond acceptors (Lipinski definition) is 3. The Bertz CT molecular complexity index is 647. The molecular formula is C15H16BrNO3. The molecule has 0 amide bonds. The minimum Gasteiger partial charge on any atom is -0.475 e. The Kier molecular flexibility index (Phi) is 4.28. The van der Waals surface area contributed by atoms with Crippen molar-refractivity contribution in [3.63, 3.8) is 0 Å². The second kappa shape index (κ2) is 5.79. The number of aromatic nitrogens is 1. The summed E-state index contributed by atoms with van der Waals surface area (Å²) in [5, 5.41) is 9.19. The van der Waals surface area contributed by atoms with Gasteiger partial charge in [-0.2, -0.15) is 0 Å². The summed E-state index contributed by atoms with van der Waals surface area (Å²) >= 11 is 3.45.